The Morgan fingerprint density at radius 2 is 2.12 bits per heavy atom. The van der Waals surface area contributed by atoms with Crippen molar-refractivity contribution >= 4 is 46.2 Å². The van der Waals surface area contributed by atoms with Gasteiger partial charge in [0.15, 0.2) is 11.8 Å². The maximum Gasteiger partial charge on any atom is 0.264 e. The zero-order valence-electron chi connectivity index (χ0n) is 13.8. The van der Waals surface area contributed by atoms with Gasteiger partial charge in [-0.25, -0.2) is 4.99 Å². The average molecular weight is 384 g/mol. The molecule has 7 heteroatoms. The molecule has 0 atom stereocenters. The summed E-state index contributed by atoms with van der Waals surface area (Å²) >= 11 is 7.35. The highest BCUT2D eigenvalue weighted by Crippen LogP contribution is 2.32. The van der Waals surface area contributed by atoms with E-state index < -0.39 is 0 Å². The fourth-order valence-electron chi connectivity index (χ4n) is 2.29. The molecule has 1 aliphatic rings. The number of para-hydroxylation sites is 1. The van der Waals surface area contributed by atoms with E-state index in [1.54, 1.807) is 18.2 Å². The molecule has 2 aromatic carbocycles. The van der Waals surface area contributed by atoms with Crippen LogP contribution in [0.5, 0.6) is 5.75 Å². The van der Waals surface area contributed by atoms with Gasteiger partial charge in [-0.05, 0) is 48.5 Å². The van der Waals surface area contributed by atoms with E-state index in [1.165, 1.54) is 11.8 Å². The second-order valence-electron chi connectivity index (χ2n) is 5.35. The van der Waals surface area contributed by atoms with Gasteiger partial charge in [-0.1, -0.05) is 35.9 Å². The van der Waals surface area contributed by atoms with Crippen molar-refractivity contribution in [3.63, 3.8) is 0 Å². The monoisotopic (exact) mass is 383 g/mol. The van der Waals surface area contributed by atoms with Crippen LogP contribution in [-0.4, -0.2) is 17.7 Å². The maximum atomic E-state index is 12.3. The summed E-state index contributed by atoms with van der Waals surface area (Å²) in [7, 11) is 0. The van der Waals surface area contributed by atoms with E-state index in [9.17, 15) is 4.79 Å². The Hall–Kier alpha value is -2.75. The largest absolute Gasteiger partial charge is 0.478 e. The van der Waals surface area contributed by atoms with Crippen LogP contribution in [-0.2, 0) is 4.79 Å². The molecule has 0 spiro atoms. The normalized spacial score (nSPS) is 16.6. The summed E-state index contributed by atoms with van der Waals surface area (Å²) < 4.78 is 5.39. The van der Waals surface area contributed by atoms with Crippen molar-refractivity contribution in [1.82, 2.24) is 5.32 Å². The first-order valence-corrected chi connectivity index (χ1v) is 8.91. The number of benzene rings is 2. The van der Waals surface area contributed by atoms with Crippen LogP contribution in [0.25, 0.3) is 6.08 Å². The third-order valence-corrected chi connectivity index (χ3v) is 4.93. The molecule has 0 saturated carbocycles. The molecule has 0 bridgehead atoms. The first-order chi connectivity index (χ1) is 12.6. The molecule has 1 saturated heterocycles. The Kier molecular flexibility index (Phi) is 5.61. The molecular weight excluding hydrogens is 370 g/mol. The lowest BCUT2D eigenvalue weighted by Gasteiger charge is -2.05. The molecule has 0 aliphatic carbocycles. The molecule has 2 aromatic rings. The number of amides is 1. The number of hydrogen-bond acceptors (Lipinski definition) is 5. The number of nitrogens with one attached hydrogen (secondary N) is 1. The van der Waals surface area contributed by atoms with Crippen molar-refractivity contribution < 1.29 is 9.53 Å². The van der Waals surface area contributed by atoms with Crippen LogP contribution in [0.1, 0.15) is 11.1 Å². The minimum Gasteiger partial charge on any atom is -0.478 e. The van der Waals surface area contributed by atoms with Gasteiger partial charge < -0.3 is 10.1 Å². The molecule has 26 heavy (non-hydrogen) atoms. The van der Waals surface area contributed by atoms with Crippen molar-refractivity contribution in [3.05, 3.63) is 63.5 Å². The highest BCUT2D eigenvalue weighted by atomic mass is 35.5. The number of halogens is 1. The molecule has 0 radical (unpaired) electrons. The minimum atomic E-state index is -0.233. The molecule has 5 nitrogen and oxygen atoms in total. The van der Waals surface area contributed by atoms with Gasteiger partial charge in [-0.15, -0.1) is 0 Å². The number of rotatable bonds is 4. The van der Waals surface area contributed by atoms with Crippen LogP contribution < -0.4 is 10.1 Å². The maximum absolute atomic E-state index is 12.3. The van der Waals surface area contributed by atoms with Crippen molar-refractivity contribution in [1.29, 1.82) is 5.26 Å². The molecular formula is C19H14ClN3O2S. The molecule has 3 rings (SSSR count). The Bertz CT molecular complexity index is 963. The predicted molar refractivity (Wildman–Crippen MR) is 105 cm³/mol. The van der Waals surface area contributed by atoms with Gasteiger partial charge in [0.25, 0.3) is 5.91 Å². The zero-order chi connectivity index (χ0) is 18.5. The van der Waals surface area contributed by atoms with Crippen molar-refractivity contribution in [2.45, 2.75) is 6.92 Å². The smallest absolute Gasteiger partial charge is 0.264 e. The van der Waals surface area contributed by atoms with Crippen molar-refractivity contribution in [2.75, 3.05) is 6.61 Å². The number of thioether (sulfide) groups is 1. The Balaban J connectivity index is 1.87. The van der Waals surface area contributed by atoms with Gasteiger partial charge >= 0.3 is 0 Å². The van der Waals surface area contributed by atoms with E-state index in [0.29, 0.717) is 26.5 Å². The van der Waals surface area contributed by atoms with Gasteiger partial charge in [-0.2, -0.15) is 5.26 Å². The fraction of sp³-hybridized carbons (Fsp3) is 0.105. The molecule has 0 unspecified atom stereocenters. The van der Waals surface area contributed by atoms with Gasteiger partial charge in [0, 0.05) is 10.6 Å². The second-order valence-corrected chi connectivity index (χ2v) is 6.79. The number of ether oxygens (including phenoxy) is 1. The van der Waals surface area contributed by atoms with Crippen LogP contribution in [0.3, 0.4) is 0 Å². The van der Waals surface area contributed by atoms with Crippen LogP contribution in [0.15, 0.2) is 52.4 Å². The summed E-state index contributed by atoms with van der Waals surface area (Å²) in [5.41, 5.74) is 2.28. The van der Waals surface area contributed by atoms with Crippen LogP contribution >= 0.6 is 23.4 Å². The van der Waals surface area contributed by atoms with E-state index in [2.05, 4.69) is 10.3 Å². The Morgan fingerprint density at radius 1 is 1.31 bits per heavy atom. The predicted octanol–water partition coefficient (Wildman–Crippen LogP) is 4.44. The number of carbonyl (C=O) groups excluding carboxylic acids is 1. The molecule has 1 heterocycles. The van der Waals surface area contributed by atoms with Crippen molar-refractivity contribution in [2.24, 2.45) is 4.99 Å². The molecule has 1 N–H and O–H groups in total. The first-order valence-electron chi connectivity index (χ1n) is 7.72. The van der Waals surface area contributed by atoms with Crippen LogP contribution in [0.2, 0.25) is 5.02 Å². The third kappa shape index (κ3) is 4.07. The van der Waals surface area contributed by atoms with E-state index in [4.69, 9.17) is 21.6 Å². The number of nitriles is 1. The number of aliphatic imine (C=N–C) groups is 1. The summed E-state index contributed by atoms with van der Waals surface area (Å²) in [5.74, 6) is 0.314. The Labute approximate surface area is 160 Å². The average Bonchev–Trinajstić information content (AvgIpc) is 2.97. The van der Waals surface area contributed by atoms with Crippen LogP contribution in [0, 0.1) is 18.3 Å². The molecule has 1 aliphatic heterocycles. The lowest BCUT2D eigenvalue weighted by molar-refractivity contribution is -0.115. The molecule has 0 aromatic heterocycles. The van der Waals surface area contributed by atoms with E-state index >= 15 is 0 Å². The van der Waals surface area contributed by atoms with Gasteiger partial charge in [0.1, 0.15) is 11.8 Å². The zero-order valence-corrected chi connectivity index (χ0v) is 15.4. The Morgan fingerprint density at radius 3 is 2.92 bits per heavy atom. The first kappa shape index (κ1) is 18.1. The summed E-state index contributed by atoms with van der Waals surface area (Å²) in [6, 6.07) is 14.6. The summed E-state index contributed by atoms with van der Waals surface area (Å²) in [6.45, 7) is 1.82. The van der Waals surface area contributed by atoms with Gasteiger partial charge in [0.05, 0.1) is 10.6 Å². The lowest BCUT2D eigenvalue weighted by atomic mass is 10.2. The highest BCUT2D eigenvalue weighted by Gasteiger charge is 2.24. The standard InChI is InChI=1S/C19H14ClN3O2S/c1-12-14(20)6-4-7-15(12)22-19-23-18(24)17(26-19)11-13-5-2-3-8-16(13)25-10-9-21/h2-8,11H,10H2,1H3,(H,22,23,24)/b17-11-. The van der Waals surface area contributed by atoms with Crippen LogP contribution in [0.4, 0.5) is 5.69 Å². The number of nitrogens with zero attached hydrogens (tertiary/aromatic N) is 2. The third-order valence-electron chi connectivity index (χ3n) is 3.61. The van der Waals surface area contributed by atoms with Crippen molar-refractivity contribution in [3.8, 4) is 11.8 Å². The van der Waals surface area contributed by atoms with Gasteiger partial charge in [-0.3, -0.25) is 4.79 Å². The quantitative estimate of drug-likeness (QED) is 0.792. The molecule has 130 valence electrons. The SMILES string of the molecule is Cc1c(Cl)cccc1N=C1NC(=O)/C(=C/c2ccccc2OCC#N)S1. The minimum absolute atomic E-state index is 0.0553. The van der Waals surface area contributed by atoms with Gasteiger partial charge in [0.2, 0.25) is 0 Å². The van der Waals surface area contributed by atoms with E-state index in [1.807, 2.05) is 43.3 Å². The van der Waals surface area contributed by atoms with E-state index in [0.717, 1.165) is 11.1 Å². The fourth-order valence-corrected chi connectivity index (χ4v) is 3.28. The summed E-state index contributed by atoms with van der Waals surface area (Å²) in [5, 5.41) is 12.5. The number of hydrogen-bond donors (Lipinski definition) is 1. The molecule has 1 amide bonds. The number of carbonyl (C=O) groups is 1. The number of amidine groups is 1. The topological polar surface area (TPSA) is 74.5 Å². The summed E-state index contributed by atoms with van der Waals surface area (Å²) in [6.07, 6.45) is 1.72. The highest BCUT2D eigenvalue weighted by molar-refractivity contribution is 8.18. The lowest BCUT2D eigenvalue weighted by Crippen LogP contribution is -2.19. The molecule has 1 fully saturated rings. The summed E-state index contributed by atoms with van der Waals surface area (Å²) in [4.78, 5) is 17.2. The van der Waals surface area contributed by atoms with E-state index in [-0.39, 0.29) is 12.5 Å². The second kappa shape index (κ2) is 8.09.